The van der Waals surface area contributed by atoms with Gasteiger partial charge in [-0.15, -0.1) is 10.2 Å². The van der Waals surface area contributed by atoms with Crippen LogP contribution in [0, 0.1) is 5.41 Å². The first-order chi connectivity index (χ1) is 15.3. The lowest BCUT2D eigenvalue weighted by Gasteiger charge is -2.19. The maximum absolute atomic E-state index is 8.38. The summed E-state index contributed by atoms with van der Waals surface area (Å²) in [6.45, 7) is 10.2. The minimum Gasteiger partial charge on any atom is -0.439 e. The Morgan fingerprint density at radius 1 is 0.906 bits per heavy atom. The van der Waals surface area contributed by atoms with Gasteiger partial charge in [0.2, 0.25) is 17.7 Å². The molecular formula is C27H25N3O2. The molecule has 1 N–H and O–H groups in total. The number of rotatable bonds is 5. The predicted octanol–water partition coefficient (Wildman–Crippen LogP) is 6.75. The molecule has 0 aliphatic heterocycles. The van der Waals surface area contributed by atoms with Crippen molar-refractivity contribution in [1.29, 1.82) is 5.41 Å². The molecule has 0 bridgehead atoms. The van der Waals surface area contributed by atoms with Crippen molar-refractivity contribution in [2.24, 2.45) is 0 Å². The summed E-state index contributed by atoms with van der Waals surface area (Å²) in [5.41, 5.74) is 4.48. The highest BCUT2D eigenvalue weighted by Gasteiger charge is 2.15. The van der Waals surface area contributed by atoms with Crippen molar-refractivity contribution in [3.8, 4) is 28.7 Å². The molecule has 3 aromatic carbocycles. The molecule has 32 heavy (non-hydrogen) atoms. The smallest absolute Gasteiger partial charge is 0.248 e. The van der Waals surface area contributed by atoms with E-state index in [9.17, 15) is 0 Å². The summed E-state index contributed by atoms with van der Waals surface area (Å²) in [6, 6.07) is 22.9. The molecule has 160 valence electrons. The lowest BCUT2D eigenvalue weighted by atomic mass is 9.87. The molecule has 0 aliphatic carbocycles. The largest absolute Gasteiger partial charge is 0.439 e. The average Bonchev–Trinajstić information content (AvgIpc) is 3.29. The van der Waals surface area contributed by atoms with Crippen LogP contribution in [-0.4, -0.2) is 16.1 Å². The Labute approximate surface area is 187 Å². The Balaban J connectivity index is 1.51. The summed E-state index contributed by atoms with van der Waals surface area (Å²) in [4.78, 5) is 0. The van der Waals surface area contributed by atoms with Gasteiger partial charge in [-0.25, -0.2) is 0 Å². The minimum absolute atomic E-state index is 0.0510. The third-order valence-electron chi connectivity index (χ3n) is 5.13. The molecule has 0 unspecified atom stereocenters. The zero-order valence-electron chi connectivity index (χ0n) is 18.4. The topological polar surface area (TPSA) is 72.0 Å². The number of nitrogens with one attached hydrogen (secondary N) is 1. The monoisotopic (exact) mass is 423 g/mol. The van der Waals surface area contributed by atoms with E-state index in [1.165, 1.54) is 5.56 Å². The molecule has 4 rings (SSSR count). The second-order valence-electron chi connectivity index (χ2n) is 8.52. The Bertz CT molecular complexity index is 1250. The van der Waals surface area contributed by atoms with Gasteiger partial charge in [0.15, 0.2) is 0 Å². The van der Waals surface area contributed by atoms with Gasteiger partial charge in [-0.2, -0.15) is 0 Å². The van der Waals surface area contributed by atoms with E-state index in [2.05, 4.69) is 37.5 Å². The van der Waals surface area contributed by atoms with E-state index >= 15 is 0 Å². The number of hydrogen-bond acceptors (Lipinski definition) is 5. The third-order valence-corrected chi connectivity index (χ3v) is 5.13. The van der Waals surface area contributed by atoms with E-state index < -0.39 is 0 Å². The Morgan fingerprint density at radius 3 is 2.19 bits per heavy atom. The van der Waals surface area contributed by atoms with Crippen molar-refractivity contribution >= 4 is 12.0 Å². The Hall–Kier alpha value is -3.99. The SMILES string of the molecule is C=Cc1ccc(-c2nnc(-c3cccc(C(=N)Oc4ccc(C(C)(C)C)cc4)c3)o2)cc1. The van der Waals surface area contributed by atoms with Crippen LogP contribution in [0.2, 0.25) is 0 Å². The standard InChI is InChI=1S/C27H25N3O2/c1-5-18-9-11-19(12-10-18)25-29-30-26(32-25)21-8-6-7-20(17-21)24(28)31-23-15-13-22(14-16-23)27(2,3)4/h5-17,28H,1H2,2-4H3. The van der Waals surface area contributed by atoms with E-state index in [0.29, 0.717) is 23.1 Å². The zero-order valence-corrected chi connectivity index (χ0v) is 18.4. The third kappa shape index (κ3) is 4.67. The van der Waals surface area contributed by atoms with Gasteiger partial charge in [0, 0.05) is 16.7 Å². The number of aromatic nitrogens is 2. The van der Waals surface area contributed by atoms with E-state index in [1.807, 2.05) is 72.8 Å². The van der Waals surface area contributed by atoms with Crippen LogP contribution in [0.1, 0.15) is 37.5 Å². The van der Waals surface area contributed by atoms with Crippen LogP contribution in [0.25, 0.3) is 29.0 Å². The first kappa shape index (κ1) is 21.2. The molecule has 0 atom stereocenters. The van der Waals surface area contributed by atoms with Crippen molar-refractivity contribution in [2.45, 2.75) is 26.2 Å². The quantitative estimate of drug-likeness (QED) is 0.285. The van der Waals surface area contributed by atoms with Crippen LogP contribution < -0.4 is 4.74 Å². The molecule has 1 aromatic heterocycles. The lowest BCUT2D eigenvalue weighted by Crippen LogP contribution is -2.11. The highest BCUT2D eigenvalue weighted by molar-refractivity contribution is 5.94. The molecule has 5 nitrogen and oxygen atoms in total. The first-order valence-corrected chi connectivity index (χ1v) is 10.4. The van der Waals surface area contributed by atoms with Crippen molar-refractivity contribution in [2.75, 3.05) is 0 Å². The predicted molar refractivity (Wildman–Crippen MR) is 128 cm³/mol. The summed E-state index contributed by atoms with van der Waals surface area (Å²) in [5, 5.41) is 16.7. The lowest BCUT2D eigenvalue weighted by molar-refractivity contribution is 0.544. The first-order valence-electron chi connectivity index (χ1n) is 10.4. The molecule has 4 aromatic rings. The molecule has 0 spiro atoms. The average molecular weight is 424 g/mol. The highest BCUT2D eigenvalue weighted by Crippen LogP contribution is 2.27. The number of ether oxygens (including phenoxy) is 1. The normalized spacial score (nSPS) is 11.2. The molecule has 0 saturated heterocycles. The van der Waals surface area contributed by atoms with Gasteiger partial charge in [0.05, 0.1) is 0 Å². The second-order valence-corrected chi connectivity index (χ2v) is 8.52. The summed E-state index contributed by atoms with van der Waals surface area (Å²) >= 11 is 0. The van der Waals surface area contributed by atoms with Crippen LogP contribution in [0.4, 0.5) is 0 Å². The maximum Gasteiger partial charge on any atom is 0.248 e. The molecular weight excluding hydrogens is 398 g/mol. The maximum atomic E-state index is 8.38. The van der Waals surface area contributed by atoms with Crippen LogP contribution in [-0.2, 0) is 5.41 Å². The second kappa shape index (κ2) is 8.63. The fraction of sp³-hybridized carbons (Fsp3) is 0.148. The summed E-state index contributed by atoms with van der Waals surface area (Å²) in [7, 11) is 0. The summed E-state index contributed by atoms with van der Waals surface area (Å²) in [5.74, 6) is 1.50. The van der Waals surface area contributed by atoms with Crippen LogP contribution in [0.3, 0.4) is 0 Å². The molecule has 0 radical (unpaired) electrons. The van der Waals surface area contributed by atoms with Crippen molar-refractivity contribution in [1.82, 2.24) is 10.2 Å². The molecule has 1 heterocycles. The van der Waals surface area contributed by atoms with Crippen LogP contribution >= 0.6 is 0 Å². The van der Waals surface area contributed by atoms with E-state index in [4.69, 9.17) is 14.6 Å². The number of benzene rings is 3. The summed E-state index contributed by atoms with van der Waals surface area (Å²) in [6.07, 6.45) is 1.78. The number of nitrogens with zero attached hydrogens (tertiary/aromatic N) is 2. The van der Waals surface area contributed by atoms with Gasteiger partial charge in [-0.1, -0.05) is 63.8 Å². The zero-order chi connectivity index (χ0) is 22.7. The van der Waals surface area contributed by atoms with E-state index in [1.54, 1.807) is 6.08 Å². The molecule has 5 heteroatoms. The Kier molecular flexibility index (Phi) is 5.73. The van der Waals surface area contributed by atoms with Crippen molar-refractivity contribution < 1.29 is 9.15 Å². The van der Waals surface area contributed by atoms with Gasteiger partial charge >= 0.3 is 0 Å². The van der Waals surface area contributed by atoms with Crippen molar-refractivity contribution in [3.05, 3.63) is 96.1 Å². The molecule has 0 amide bonds. The van der Waals surface area contributed by atoms with Gasteiger partial charge in [0.1, 0.15) is 5.75 Å². The molecule has 0 aliphatic rings. The van der Waals surface area contributed by atoms with Gasteiger partial charge in [-0.05, 0) is 59.0 Å². The minimum atomic E-state index is 0.0510. The molecule has 0 saturated carbocycles. The van der Waals surface area contributed by atoms with Gasteiger partial charge in [-0.3, -0.25) is 5.41 Å². The fourth-order valence-electron chi connectivity index (χ4n) is 3.21. The van der Waals surface area contributed by atoms with Crippen LogP contribution in [0.5, 0.6) is 5.75 Å². The Morgan fingerprint density at radius 2 is 1.56 bits per heavy atom. The van der Waals surface area contributed by atoms with E-state index in [0.717, 1.165) is 16.7 Å². The summed E-state index contributed by atoms with van der Waals surface area (Å²) < 4.78 is 11.6. The highest BCUT2D eigenvalue weighted by atomic mass is 16.5. The molecule has 0 fully saturated rings. The van der Waals surface area contributed by atoms with Gasteiger partial charge in [0.25, 0.3) is 0 Å². The van der Waals surface area contributed by atoms with Gasteiger partial charge < -0.3 is 9.15 Å². The van der Waals surface area contributed by atoms with E-state index in [-0.39, 0.29) is 11.3 Å². The fourth-order valence-corrected chi connectivity index (χ4v) is 3.21. The van der Waals surface area contributed by atoms with Crippen molar-refractivity contribution in [3.63, 3.8) is 0 Å². The van der Waals surface area contributed by atoms with Crippen LogP contribution in [0.15, 0.2) is 83.8 Å². The number of hydrogen-bond donors (Lipinski definition) is 1.